The maximum atomic E-state index is 9.96. The largest absolute Gasteiger partial charge is 0.506 e. The monoisotopic (exact) mass is 293 g/mol. The third-order valence-corrected chi connectivity index (χ3v) is 3.04. The summed E-state index contributed by atoms with van der Waals surface area (Å²) in [6, 6.07) is 18.3. The molecule has 0 amide bonds. The molecule has 0 radical (unpaired) electrons. The maximum Gasteiger partial charge on any atom is 0.143 e. The van der Waals surface area contributed by atoms with E-state index < -0.39 is 0 Å². The number of nitrogens with two attached hydrogens (primary N) is 1. The molecule has 3 N–H and O–H groups in total. The Morgan fingerprint density at radius 2 is 1.50 bits per heavy atom. The minimum absolute atomic E-state index is 0.114. The first-order valence-electron chi connectivity index (χ1n) is 7.22. The molecule has 0 fully saturated rings. The van der Waals surface area contributed by atoms with Crippen LogP contribution in [0.3, 0.4) is 0 Å². The highest BCUT2D eigenvalue weighted by Crippen LogP contribution is 2.35. The lowest BCUT2D eigenvalue weighted by molar-refractivity contribution is 0.477. The fraction of sp³-hybridized carbons (Fsp3) is 0.111. The summed E-state index contributed by atoms with van der Waals surface area (Å²) in [6.45, 7) is 4.00. The Labute approximate surface area is 129 Å². The Bertz CT molecular complexity index is 780. The lowest BCUT2D eigenvalue weighted by Gasteiger charge is -2.03. The first kappa shape index (κ1) is 15.5. The third kappa shape index (κ3) is 3.41. The van der Waals surface area contributed by atoms with Gasteiger partial charge >= 0.3 is 0 Å². The smallest absolute Gasteiger partial charge is 0.143 e. The summed E-state index contributed by atoms with van der Waals surface area (Å²) in [5, 5.41) is 20.1. The van der Waals surface area contributed by atoms with Gasteiger partial charge in [-0.25, -0.2) is 0 Å². The number of rotatable bonds is 2. The molecule has 0 saturated heterocycles. The first-order chi connectivity index (χ1) is 10.7. The van der Waals surface area contributed by atoms with E-state index in [4.69, 9.17) is 5.73 Å². The summed E-state index contributed by atoms with van der Waals surface area (Å²) in [7, 11) is 0. The lowest BCUT2D eigenvalue weighted by atomic mass is 10.1. The van der Waals surface area contributed by atoms with Gasteiger partial charge in [-0.05, 0) is 35.7 Å². The zero-order chi connectivity index (χ0) is 15.9. The van der Waals surface area contributed by atoms with E-state index in [-0.39, 0.29) is 5.75 Å². The number of hydrogen-bond acceptors (Lipinski definition) is 4. The van der Waals surface area contributed by atoms with Gasteiger partial charge in [0, 0.05) is 11.1 Å². The van der Waals surface area contributed by atoms with E-state index in [1.807, 2.05) is 44.2 Å². The lowest BCUT2D eigenvalue weighted by Crippen LogP contribution is -1.80. The second-order valence-corrected chi connectivity index (χ2v) is 4.45. The standard InChI is InChI=1S/C16H13N3O.C2H6/c17-12-6-8-13(9-7-12)18-19-16-14-4-2-1-3-11(14)5-10-15(16)20;1-2/h1-10,20H,17H2;1-2H3. The molecule has 0 saturated carbocycles. The molecule has 0 aliphatic heterocycles. The molecule has 0 bridgehead atoms. The van der Waals surface area contributed by atoms with Gasteiger partial charge in [0.1, 0.15) is 11.4 Å². The van der Waals surface area contributed by atoms with Crippen molar-refractivity contribution in [3.8, 4) is 5.75 Å². The van der Waals surface area contributed by atoms with Gasteiger partial charge in [-0.15, -0.1) is 5.11 Å². The highest BCUT2D eigenvalue weighted by molar-refractivity contribution is 5.95. The highest BCUT2D eigenvalue weighted by atomic mass is 16.3. The normalized spacial score (nSPS) is 10.5. The maximum absolute atomic E-state index is 9.96. The number of hydrogen-bond donors (Lipinski definition) is 2. The molecule has 22 heavy (non-hydrogen) atoms. The molecule has 0 spiro atoms. The summed E-state index contributed by atoms with van der Waals surface area (Å²) >= 11 is 0. The summed E-state index contributed by atoms with van der Waals surface area (Å²) in [5.74, 6) is 0.114. The van der Waals surface area contributed by atoms with Crippen molar-refractivity contribution >= 4 is 27.8 Å². The number of fused-ring (bicyclic) bond motifs is 1. The molecular weight excluding hydrogens is 274 g/mol. The number of azo groups is 1. The van der Waals surface area contributed by atoms with Crippen LogP contribution < -0.4 is 5.73 Å². The van der Waals surface area contributed by atoms with E-state index in [0.717, 1.165) is 10.8 Å². The van der Waals surface area contributed by atoms with Crippen molar-refractivity contribution < 1.29 is 5.11 Å². The van der Waals surface area contributed by atoms with E-state index >= 15 is 0 Å². The predicted molar refractivity (Wildman–Crippen MR) is 92.0 cm³/mol. The number of nitrogen functional groups attached to an aromatic ring is 1. The van der Waals surface area contributed by atoms with E-state index in [1.165, 1.54) is 0 Å². The van der Waals surface area contributed by atoms with Crippen LogP contribution in [-0.2, 0) is 0 Å². The molecule has 4 heteroatoms. The SMILES string of the molecule is CC.Nc1ccc(N=Nc2c(O)ccc3ccccc23)cc1. The van der Waals surface area contributed by atoms with Crippen molar-refractivity contribution in [2.24, 2.45) is 10.2 Å². The molecule has 112 valence electrons. The number of phenols is 1. The van der Waals surface area contributed by atoms with Crippen LogP contribution in [0.25, 0.3) is 10.8 Å². The second kappa shape index (κ2) is 7.22. The predicted octanol–water partition coefficient (Wildman–Crippen LogP) is 5.57. The zero-order valence-electron chi connectivity index (χ0n) is 12.7. The molecule has 0 aliphatic carbocycles. The van der Waals surface area contributed by atoms with Crippen LogP contribution in [0.1, 0.15) is 13.8 Å². The van der Waals surface area contributed by atoms with Crippen LogP contribution >= 0.6 is 0 Å². The quantitative estimate of drug-likeness (QED) is 0.479. The van der Waals surface area contributed by atoms with Gasteiger partial charge in [-0.1, -0.05) is 44.2 Å². The minimum Gasteiger partial charge on any atom is -0.506 e. The van der Waals surface area contributed by atoms with E-state index in [2.05, 4.69) is 10.2 Å². The topological polar surface area (TPSA) is 71.0 Å². The van der Waals surface area contributed by atoms with Crippen LogP contribution in [0.4, 0.5) is 17.1 Å². The van der Waals surface area contributed by atoms with E-state index in [0.29, 0.717) is 17.1 Å². The van der Waals surface area contributed by atoms with Crippen molar-refractivity contribution in [3.05, 3.63) is 60.7 Å². The van der Waals surface area contributed by atoms with Gasteiger partial charge in [0.2, 0.25) is 0 Å². The molecule has 0 unspecified atom stereocenters. The summed E-state index contributed by atoms with van der Waals surface area (Å²) in [6.07, 6.45) is 0. The number of phenolic OH excluding ortho intramolecular Hbond substituents is 1. The average Bonchev–Trinajstić information content (AvgIpc) is 2.57. The molecule has 3 aromatic carbocycles. The zero-order valence-corrected chi connectivity index (χ0v) is 12.7. The Morgan fingerprint density at radius 3 is 2.23 bits per heavy atom. The van der Waals surface area contributed by atoms with Crippen LogP contribution in [0.5, 0.6) is 5.75 Å². The fourth-order valence-corrected chi connectivity index (χ4v) is 2.00. The summed E-state index contributed by atoms with van der Waals surface area (Å²) in [5.41, 5.74) is 7.46. The molecule has 0 aliphatic rings. The number of aromatic hydroxyl groups is 1. The molecule has 0 aromatic heterocycles. The Hall–Kier alpha value is -2.88. The van der Waals surface area contributed by atoms with Crippen LogP contribution in [-0.4, -0.2) is 5.11 Å². The van der Waals surface area contributed by atoms with Gasteiger partial charge in [-0.2, -0.15) is 5.11 Å². The van der Waals surface area contributed by atoms with Gasteiger partial charge < -0.3 is 10.8 Å². The van der Waals surface area contributed by atoms with Gasteiger partial charge in [-0.3, -0.25) is 0 Å². The molecule has 3 rings (SSSR count). The number of anilines is 1. The van der Waals surface area contributed by atoms with Crippen molar-refractivity contribution in [2.45, 2.75) is 13.8 Å². The highest BCUT2D eigenvalue weighted by Gasteiger charge is 2.05. The molecule has 0 atom stereocenters. The van der Waals surface area contributed by atoms with Gasteiger partial charge in [0.25, 0.3) is 0 Å². The van der Waals surface area contributed by atoms with Crippen molar-refractivity contribution in [1.82, 2.24) is 0 Å². The Kier molecular flexibility index (Phi) is 5.09. The third-order valence-electron chi connectivity index (χ3n) is 3.04. The molecule has 0 heterocycles. The Morgan fingerprint density at radius 1 is 0.818 bits per heavy atom. The molecule has 4 nitrogen and oxygen atoms in total. The van der Waals surface area contributed by atoms with Crippen LogP contribution in [0.15, 0.2) is 70.9 Å². The van der Waals surface area contributed by atoms with Gasteiger partial charge in [0.15, 0.2) is 0 Å². The van der Waals surface area contributed by atoms with Crippen LogP contribution in [0.2, 0.25) is 0 Å². The number of nitrogens with zero attached hydrogens (tertiary/aromatic N) is 2. The fourth-order valence-electron chi connectivity index (χ4n) is 2.00. The van der Waals surface area contributed by atoms with Gasteiger partial charge in [0.05, 0.1) is 5.69 Å². The van der Waals surface area contributed by atoms with Crippen molar-refractivity contribution in [3.63, 3.8) is 0 Å². The molecular formula is C18H19N3O. The first-order valence-corrected chi connectivity index (χ1v) is 7.22. The summed E-state index contributed by atoms with van der Waals surface area (Å²) in [4.78, 5) is 0. The molecule has 3 aromatic rings. The number of benzene rings is 3. The van der Waals surface area contributed by atoms with Crippen molar-refractivity contribution in [1.29, 1.82) is 0 Å². The second-order valence-electron chi connectivity index (χ2n) is 4.45. The summed E-state index contributed by atoms with van der Waals surface area (Å²) < 4.78 is 0. The van der Waals surface area contributed by atoms with E-state index in [9.17, 15) is 5.11 Å². The minimum atomic E-state index is 0.114. The Balaban J connectivity index is 0.000000847. The average molecular weight is 293 g/mol. The van der Waals surface area contributed by atoms with Crippen LogP contribution in [0, 0.1) is 0 Å². The van der Waals surface area contributed by atoms with Crippen molar-refractivity contribution in [2.75, 3.05) is 5.73 Å². The van der Waals surface area contributed by atoms with E-state index in [1.54, 1.807) is 30.3 Å².